The van der Waals surface area contributed by atoms with Gasteiger partial charge in [-0.3, -0.25) is 10.7 Å². The van der Waals surface area contributed by atoms with E-state index in [1.54, 1.807) is 0 Å². The molecule has 0 aliphatic heterocycles. The number of benzene rings is 6. The van der Waals surface area contributed by atoms with Gasteiger partial charge in [-0.2, -0.15) is 0 Å². The lowest BCUT2D eigenvalue weighted by atomic mass is 9.69. The molecule has 274 valence electrons. The smallest absolute Gasteiger partial charge is 0.290 e. The Morgan fingerprint density at radius 1 is 0.333 bits per heavy atom. The number of aryl methyl sites for hydroxylation is 12. The van der Waals surface area contributed by atoms with Crippen LogP contribution >= 0.6 is 31.5 Å². The number of hydrazine groups is 1. The Morgan fingerprint density at radius 3 is 0.704 bits per heavy atom. The standard InChI is InChI=1S/C48H52B2Br2N2/c1-27-19-31(5)43(32(6)20-27)39-15-13-16-40(44-33(7)21-28(2)22-34(44)8)47(39)49(51)53-54-50(52)48-41(45-35(9)23-29(3)24-36(45)10)17-14-18-42(48)46-37(11)25-30(4)26-38(46)12/h13-26,53-54H,1-12H3. The first-order chi connectivity index (χ1) is 25.6. The third-order valence-corrected chi connectivity index (χ3v) is 12.2. The van der Waals surface area contributed by atoms with Gasteiger partial charge in [-0.1, -0.05) is 107 Å². The summed E-state index contributed by atoms with van der Waals surface area (Å²) in [6, 6.07) is 31.9. The molecule has 0 unspecified atom stereocenters. The van der Waals surface area contributed by atoms with Crippen molar-refractivity contribution in [2.75, 3.05) is 0 Å². The van der Waals surface area contributed by atoms with Gasteiger partial charge in [0.25, 0.3) is 0 Å². The Kier molecular flexibility index (Phi) is 12.0. The van der Waals surface area contributed by atoms with E-state index in [9.17, 15) is 0 Å². The van der Waals surface area contributed by atoms with Crippen molar-refractivity contribution in [1.29, 1.82) is 0 Å². The third kappa shape index (κ3) is 7.86. The molecule has 0 aliphatic carbocycles. The van der Waals surface area contributed by atoms with Crippen molar-refractivity contribution < 1.29 is 0 Å². The lowest BCUT2D eigenvalue weighted by Gasteiger charge is -2.26. The lowest BCUT2D eigenvalue weighted by Crippen LogP contribution is -2.56. The number of rotatable bonds is 9. The molecule has 0 bridgehead atoms. The van der Waals surface area contributed by atoms with E-state index in [4.69, 9.17) is 0 Å². The molecule has 6 aromatic rings. The van der Waals surface area contributed by atoms with E-state index >= 15 is 0 Å². The van der Waals surface area contributed by atoms with Crippen LogP contribution in [-0.2, 0) is 0 Å². The summed E-state index contributed by atoms with van der Waals surface area (Å²) in [6.07, 6.45) is 0. The van der Waals surface area contributed by atoms with Crippen LogP contribution in [0.1, 0.15) is 66.8 Å². The zero-order chi connectivity index (χ0) is 39.2. The average Bonchev–Trinajstić information content (AvgIpc) is 3.05. The van der Waals surface area contributed by atoms with Crippen LogP contribution in [0.3, 0.4) is 0 Å². The minimum absolute atomic E-state index is 0.231. The van der Waals surface area contributed by atoms with E-state index < -0.39 is 0 Å². The van der Waals surface area contributed by atoms with Gasteiger partial charge in [0, 0.05) is 0 Å². The van der Waals surface area contributed by atoms with E-state index in [-0.39, 0.29) is 11.3 Å². The van der Waals surface area contributed by atoms with Gasteiger partial charge in [-0.05, 0) is 183 Å². The summed E-state index contributed by atoms with van der Waals surface area (Å²) in [6.45, 7) is 26.6. The molecule has 0 atom stereocenters. The van der Waals surface area contributed by atoms with Crippen molar-refractivity contribution in [1.82, 2.24) is 10.7 Å². The largest absolute Gasteiger partial charge is 0.347 e. The molecule has 0 aromatic heterocycles. The van der Waals surface area contributed by atoms with Crippen molar-refractivity contribution in [2.45, 2.75) is 83.1 Å². The molecule has 0 amide bonds. The van der Waals surface area contributed by atoms with Crippen LogP contribution < -0.4 is 21.6 Å². The van der Waals surface area contributed by atoms with Crippen molar-refractivity contribution in [2.24, 2.45) is 0 Å². The Bertz CT molecular complexity index is 2000. The molecule has 0 radical (unpaired) electrons. The first-order valence-electron chi connectivity index (χ1n) is 18.9. The molecule has 2 N–H and O–H groups in total. The van der Waals surface area contributed by atoms with Gasteiger partial charge in [0.1, 0.15) is 0 Å². The van der Waals surface area contributed by atoms with E-state index in [1.807, 2.05) is 0 Å². The molecule has 6 aromatic carbocycles. The van der Waals surface area contributed by atoms with Crippen LogP contribution in [0, 0.1) is 83.1 Å². The number of hydrogen-bond donors (Lipinski definition) is 2. The maximum Gasteiger partial charge on any atom is 0.347 e. The highest BCUT2D eigenvalue weighted by molar-refractivity contribution is 9.25. The monoisotopic (exact) mass is 836 g/mol. The molecule has 6 rings (SSSR count). The fourth-order valence-corrected chi connectivity index (χ4v) is 10.5. The molecule has 6 heteroatoms. The second-order valence-corrected chi connectivity index (χ2v) is 17.5. The molecular weight excluding hydrogens is 786 g/mol. The summed E-state index contributed by atoms with van der Waals surface area (Å²) < 4.78 is 0. The maximum absolute atomic E-state index is 4.21. The van der Waals surface area contributed by atoms with Crippen molar-refractivity contribution in [3.63, 3.8) is 0 Å². The Labute approximate surface area is 341 Å². The molecule has 0 aliphatic rings. The molecule has 54 heavy (non-hydrogen) atoms. The predicted octanol–water partition coefficient (Wildman–Crippen LogP) is 12.0. The third-order valence-electron chi connectivity index (χ3n) is 10.8. The zero-order valence-electron chi connectivity index (χ0n) is 34.0. The highest BCUT2D eigenvalue weighted by Gasteiger charge is 2.30. The van der Waals surface area contributed by atoms with Gasteiger partial charge in [0.05, 0.1) is 0 Å². The van der Waals surface area contributed by atoms with Crippen LogP contribution in [0.5, 0.6) is 0 Å². The number of hydrogen-bond acceptors (Lipinski definition) is 2. The molecule has 0 saturated heterocycles. The molecule has 2 nitrogen and oxygen atoms in total. The molecule has 0 fully saturated rings. The number of nitrogens with one attached hydrogen (secondary N) is 2. The van der Waals surface area contributed by atoms with Gasteiger partial charge >= 0.3 is 11.3 Å². The van der Waals surface area contributed by atoms with E-state index in [0.29, 0.717) is 0 Å². The minimum Gasteiger partial charge on any atom is -0.290 e. The normalized spacial score (nSPS) is 11.3. The predicted molar refractivity (Wildman–Crippen MR) is 246 cm³/mol. The summed E-state index contributed by atoms with van der Waals surface area (Å²) in [5.41, 5.74) is 27.3. The first kappa shape index (κ1) is 40.0. The van der Waals surface area contributed by atoms with Gasteiger partial charge in [-0.25, -0.2) is 0 Å². The van der Waals surface area contributed by atoms with Crippen LogP contribution in [0.15, 0.2) is 84.9 Å². The van der Waals surface area contributed by atoms with Crippen LogP contribution in [-0.4, -0.2) is 11.3 Å². The first-order valence-corrected chi connectivity index (χ1v) is 20.8. The Balaban J connectivity index is 1.52. The zero-order valence-corrected chi connectivity index (χ0v) is 37.2. The Morgan fingerprint density at radius 2 is 0.519 bits per heavy atom. The quantitative estimate of drug-likeness (QED) is 0.112. The van der Waals surface area contributed by atoms with Crippen LogP contribution in [0.25, 0.3) is 44.5 Å². The summed E-state index contributed by atoms with van der Waals surface area (Å²) >= 11 is 8.41. The summed E-state index contributed by atoms with van der Waals surface area (Å²) in [5.74, 6) is 0. The van der Waals surface area contributed by atoms with Gasteiger partial charge < -0.3 is 0 Å². The highest BCUT2D eigenvalue weighted by atomic mass is 79.9. The number of halogens is 2. The van der Waals surface area contributed by atoms with Gasteiger partial charge in [0.15, 0.2) is 0 Å². The van der Waals surface area contributed by atoms with Gasteiger partial charge in [-0.15, -0.1) is 31.5 Å². The van der Waals surface area contributed by atoms with Gasteiger partial charge in [0.2, 0.25) is 0 Å². The SMILES string of the molecule is Cc1cc(C)c(-c2cccc(-c3c(C)cc(C)cc3C)c2B(Br)NNB(Br)c2c(-c3c(C)cc(C)cc3C)cccc2-c2c(C)cc(C)cc2C)c(C)c1. The highest BCUT2D eigenvalue weighted by Crippen LogP contribution is 2.36. The van der Waals surface area contributed by atoms with E-state index in [2.05, 4.69) is 210 Å². The molecule has 0 heterocycles. The fourth-order valence-electron chi connectivity index (χ4n) is 9.26. The topological polar surface area (TPSA) is 24.1 Å². The average molecular weight is 838 g/mol. The molecule has 0 saturated carbocycles. The summed E-state index contributed by atoms with van der Waals surface area (Å²) in [7, 11) is 0. The van der Waals surface area contributed by atoms with E-state index in [0.717, 1.165) is 0 Å². The fraction of sp³-hybridized carbons (Fsp3) is 0.250. The van der Waals surface area contributed by atoms with Crippen LogP contribution in [0.4, 0.5) is 0 Å². The second-order valence-electron chi connectivity index (χ2n) is 15.6. The van der Waals surface area contributed by atoms with Crippen LogP contribution in [0.2, 0.25) is 0 Å². The van der Waals surface area contributed by atoms with Crippen molar-refractivity contribution >= 4 is 53.8 Å². The van der Waals surface area contributed by atoms with Crippen molar-refractivity contribution in [3.05, 3.63) is 152 Å². The summed E-state index contributed by atoms with van der Waals surface area (Å²) in [5, 5.41) is 7.54. The Hall–Kier alpha value is -3.67. The maximum atomic E-state index is 4.21. The van der Waals surface area contributed by atoms with E-state index in [1.165, 1.54) is 122 Å². The molecule has 0 spiro atoms. The lowest BCUT2D eigenvalue weighted by molar-refractivity contribution is 0.940. The second kappa shape index (κ2) is 16.2. The van der Waals surface area contributed by atoms with Crippen molar-refractivity contribution in [3.8, 4) is 44.5 Å². The summed E-state index contributed by atoms with van der Waals surface area (Å²) in [4.78, 5) is 0. The molecular formula is C48H52B2Br2N2. The minimum atomic E-state index is -0.231.